The lowest BCUT2D eigenvalue weighted by Gasteiger charge is -2.26. The predicted molar refractivity (Wildman–Crippen MR) is 79.9 cm³/mol. The first-order valence-electron chi connectivity index (χ1n) is 7.28. The van der Waals surface area contributed by atoms with Crippen LogP contribution >= 0.6 is 0 Å². The van der Waals surface area contributed by atoms with E-state index in [2.05, 4.69) is 20.2 Å². The number of aromatic nitrogens is 2. The minimum Gasteiger partial charge on any atom is -0.379 e. The summed E-state index contributed by atoms with van der Waals surface area (Å²) >= 11 is 0. The highest BCUT2D eigenvalue weighted by Crippen LogP contribution is 2.20. The van der Waals surface area contributed by atoms with Gasteiger partial charge in [0.1, 0.15) is 23.5 Å². The molecule has 3 rings (SSSR count). The van der Waals surface area contributed by atoms with Crippen LogP contribution in [0.5, 0.6) is 0 Å². The molecule has 1 fully saturated rings. The number of nitrogens with zero attached hydrogens (tertiary/aromatic N) is 3. The normalized spacial score (nSPS) is 16.2. The number of nitrogens with one attached hydrogen (secondary N) is 1. The standard InChI is InChI=1S/C15H19FN4O/c16-13-4-1-3-12-14(13)18-11-19-15(12)17-5-2-6-20-7-9-21-10-8-20/h1,3-4,11H,2,5-10H2,(H,17,18,19). The van der Waals surface area contributed by atoms with Gasteiger partial charge in [-0.3, -0.25) is 4.90 Å². The maximum atomic E-state index is 13.7. The van der Waals surface area contributed by atoms with Crippen molar-refractivity contribution < 1.29 is 9.13 Å². The second kappa shape index (κ2) is 6.78. The van der Waals surface area contributed by atoms with Crippen molar-refractivity contribution in [1.29, 1.82) is 0 Å². The second-order valence-electron chi connectivity index (χ2n) is 5.09. The van der Waals surface area contributed by atoms with Crippen LogP contribution in [0.2, 0.25) is 0 Å². The number of morpholine rings is 1. The van der Waals surface area contributed by atoms with Crippen LogP contribution in [0.15, 0.2) is 24.5 Å². The Morgan fingerprint density at radius 3 is 2.95 bits per heavy atom. The first kappa shape index (κ1) is 14.2. The van der Waals surface area contributed by atoms with Gasteiger partial charge >= 0.3 is 0 Å². The molecule has 21 heavy (non-hydrogen) atoms. The topological polar surface area (TPSA) is 50.3 Å². The second-order valence-corrected chi connectivity index (χ2v) is 5.09. The number of para-hydroxylation sites is 1. The zero-order valence-electron chi connectivity index (χ0n) is 11.9. The molecule has 1 aromatic heterocycles. The number of halogens is 1. The van der Waals surface area contributed by atoms with E-state index in [0.29, 0.717) is 11.3 Å². The predicted octanol–water partition coefficient (Wildman–Crippen LogP) is 1.90. The van der Waals surface area contributed by atoms with Gasteiger partial charge in [-0.25, -0.2) is 14.4 Å². The highest BCUT2D eigenvalue weighted by molar-refractivity contribution is 5.89. The van der Waals surface area contributed by atoms with Crippen LogP contribution in [-0.4, -0.2) is 54.3 Å². The summed E-state index contributed by atoms with van der Waals surface area (Å²) in [7, 11) is 0. The molecule has 112 valence electrons. The van der Waals surface area contributed by atoms with Crippen LogP contribution < -0.4 is 5.32 Å². The van der Waals surface area contributed by atoms with Crippen LogP contribution in [0, 0.1) is 5.82 Å². The van der Waals surface area contributed by atoms with Gasteiger partial charge in [-0.05, 0) is 25.1 Å². The maximum Gasteiger partial charge on any atom is 0.149 e. The molecule has 0 bridgehead atoms. The molecule has 0 saturated carbocycles. The van der Waals surface area contributed by atoms with Crippen molar-refractivity contribution in [2.75, 3.05) is 44.7 Å². The summed E-state index contributed by atoms with van der Waals surface area (Å²) in [6, 6.07) is 4.93. The minimum absolute atomic E-state index is 0.314. The average Bonchev–Trinajstić information content (AvgIpc) is 2.53. The Labute approximate surface area is 123 Å². The molecule has 1 N–H and O–H groups in total. The Balaban J connectivity index is 1.57. The first-order valence-corrected chi connectivity index (χ1v) is 7.28. The van der Waals surface area contributed by atoms with Gasteiger partial charge in [-0.15, -0.1) is 0 Å². The summed E-state index contributed by atoms with van der Waals surface area (Å²) in [5.74, 6) is 0.382. The van der Waals surface area contributed by atoms with E-state index in [1.807, 2.05) is 6.07 Å². The number of fused-ring (bicyclic) bond motifs is 1. The highest BCUT2D eigenvalue weighted by atomic mass is 19.1. The SMILES string of the molecule is Fc1cccc2c(NCCCN3CCOCC3)ncnc12. The summed E-state index contributed by atoms with van der Waals surface area (Å²) in [5, 5.41) is 4.00. The van der Waals surface area contributed by atoms with Crippen LogP contribution in [-0.2, 0) is 4.74 Å². The van der Waals surface area contributed by atoms with Crippen molar-refractivity contribution in [3.05, 3.63) is 30.3 Å². The molecule has 0 radical (unpaired) electrons. The number of rotatable bonds is 5. The molecule has 1 aliphatic rings. The number of benzene rings is 1. The van der Waals surface area contributed by atoms with E-state index in [1.165, 1.54) is 12.4 Å². The quantitative estimate of drug-likeness (QED) is 0.852. The summed E-state index contributed by atoms with van der Waals surface area (Å²) in [5.41, 5.74) is 0.364. The number of hydrogen-bond donors (Lipinski definition) is 1. The molecule has 0 unspecified atom stereocenters. The Bertz CT molecular complexity index is 601. The molecular weight excluding hydrogens is 271 g/mol. The van der Waals surface area contributed by atoms with E-state index in [4.69, 9.17) is 4.74 Å². The molecule has 5 nitrogen and oxygen atoms in total. The van der Waals surface area contributed by atoms with Gasteiger partial charge in [-0.1, -0.05) is 6.07 Å². The van der Waals surface area contributed by atoms with E-state index in [1.54, 1.807) is 6.07 Å². The summed E-state index contributed by atoms with van der Waals surface area (Å²) in [6.07, 6.45) is 2.41. The third-order valence-electron chi connectivity index (χ3n) is 3.66. The molecule has 0 atom stereocenters. The Hall–Kier alpha value is -1.79. The van der Waals surface area contributed by atoms with Crippen molar-refractivity contribution in [2.45, 2.75) is 6.42 Å². The number of anilines is 1. The summed E-state index contributed by atoms with van der Waals surface area (Å²) in [6.45, 7) is 5.49. The van der Waals surface area contributed by atoms with Gasteiger partial charge in [0.15, 0.2) is 0 Å². The highest BCUT2D eigenvalue weighted by Gasteiger charge is 2.10. The van der Waals surface area contributed by atoms with E-state index in [9.17, 15) is 4.39 Å². The van der Waals surface area contributed by atoms with Crippen molar-refractivity contribution in [3.63, 3.8) is 0 Å². The Morgan fingerprint density at radius 1 is 1.24 bits per heavy atom. The lowest BCUT2D eigenvalue weighted by molar-refractivity contribution is 0.0378. The van der Waals surface area contributed by atoms with Gasteiger partial charge in [0.05, 0.1) is 13.2 Å². The molecule has 1 aliphatic heterocycles. The minimum atomic E-state index is -0.314. The zero-order chi connectivity index (χ0) is 14.5. The van der Waals surface area contributed by atoms with Crippen molar-refractivity contribution >= 4 is 16.7 Å². The molecule has 0 spiro atoms. The molecule has 0 amide bonds. The molecule has 0 aliphatic carbocycles. The number of ether oxygens (including phenoxy) is 1. The fraction of sp³-hybridized carbons (Fsp3) is 0.467. The number of hydrogen-bond acceptors (Lipinski definition) is 5. The van der Waals surface area contributed by atoms with E-state index < -0.39 is 0 Å². The van der Waals surface area contributed by atoms with Crippen LogP contribution in [0.3, 0.4) is 0 Å². The fourth-order valence-electron chi connectivity index (χ4n) is 2.53. The molecule has 2 aromatic rings. The average molecular weight is 290 g/mol. The van der Waals surface area contributed by atoms with Crippen LogP contribution in [0.4, 0.5) is 10.2 Å². The smallest absolute Gasteiger partial charge is 0.149 e. The van der Waals surface area contributed by atoms with E-state index >= 15 is 0 Å². The van der Waals surface area contributed by atoms with Crippen molar-refractivity contribution in [2.24, 2.45) is 0 Å². The summed E-state index contributed by atoms with van der Waals surface area (Å²) in [4.78, 5) is 10.6. The fourth-order valence-corrected chi connectivity index (χ4v) is 2.53. The largest absolute Gasteiger partial charge is 0.379 e. The van der Waals surface area contributed by atoms with Crippen LogP contribution in [0.25, 0.3) is 10.9 Å². The van der Waals surface area contributed by atoms with Crippen molar-refractivity contribution in [1.82, 2.24) is 14.9 Å². The molecule has 1 saturated heterocycles. The van der Waals surface area contributed by atoms with E-state index in [-0.39, 0.29) is 5.82 Å². The van der Waals surface area contributed by atoms with Gasteiger partial charge < -0.3 is 10.1 Å². The third-order valence-corrected chi connectivity index (χ3v) is 3.66. The first-order chi connectivity index (χ1) is 10.3. The molecular formula is C15H19FN4O. The van der Waals surface area contributed by atoms with Gasteiger partial charge in [0.25, 0.3) is 0 Å². The third kappa shape index (κ3) is 3.46. The van der Waals surface area contributed by atoms with E-state index in [0.717, 1.165) is 51.2 Å². The zero-order valence-corrected chi connectivity index (χ0v) is 11.9. The van der Waals surface area contributed by atoms with Gasteiger partial charge in [0.2, 0.25) is 0 Å². The lowest BCUT2D eigenvalue weighted by atomic mass is 10.2. The van der Waals surface area contributed by atoms with Gasteiger partial charge in [0, 0.05) is 25.0 Å². The monoisotopic (exact) mass is 290 g/mol. The van der Waals surface area contributed by atoms with Crippen molar-refractivity contribution in [3.8, 4) is 0 Å². The maximum absolute atomic E-state index is 13.7. The molecule has 2 heterocycles. The molecule has 6 heteroatoms. The molecule has 1 aromatic carbocycles. The van der Waals surface area contributed by atoms with Gasteiger partial charge in [-0.2, -0.15) is 0 Å². The van der Waals surface area contributed by atoms with Crippen LogP contribution in [0.1, 0.15) is 6.42 Å². The lowest BCUT2D eigenvalue weighted by Crippen LogP contribution is -2.37. The Morgan fingerprint density at radius 2 is 2.10 bits per heavy atom. The Kier molecular flexibility index (Phi) is 4.57. The summed E-state index contributed by atoms with van der Waals surface area (Å²) < 4.78 is 19.0.